The molecule has 0 radical (unpaired) electrons. The van der Waals surface area contributed by atoms with Crippen molar-refractivity contribution in [2.45, 2.75) is 13.0 Å². The zero-order chi connectivity index (χ0) is 13.8. The number of allylic oxidation sites excluding steroid dienone is 2. The fourth-order valence-electron chi connectivity index (χ4n) is 1.93. The molecule has 2 aliphatic rings. The Morgan fingerprint density at radius 1 is 1.42 bits per heavy atom. The van der Waals surface area contributed by atoms with Crippen molar-refractivity contribution < 1.29 is 19.1 Å². The van der Waals surface area contributed by atoms with Crippen LogP contribution in [-0.4, -0.2) is 31.5 Å². The Bertz CT molecular complexity index is 526. The molecule has 1 N–H and O–H groups in total. The number of hydrogen-bond acceptors (Lipinski definition) is 5. The van der Waals surface area contributed by atoms with Crippen molar-refractivity contribution in [2.24, 2.45) is 0 Å². The maximum absolute atomic E-state index is 11.9. The van der Waals surface area contributed by atoms with Gasteiger partial charge in [-0.15, -0.1) is 0 Å². The fourth-order valence-corrected chi connectivity index (χ4v) is 1.93. The quantitative estimate of drug-likeness (QED) is 0.768. The van der Waals surface area contributed by atoms with Gasteiger partial charge in [-0.05, 0) is 19.1 Å². The minimum atomic E-state index is -0.500. The van der Waals surface area contributed by atoms with Gasteiger partial charge in [-0.25, -0.2) is 4.79 Å². The number of fused-ring (bicyclic) bond motifs is 1. The first-order chi connectivity index (χ1) is 9.17. The third-order valence-electron chi connectivity index (χ3n) is 2.85. The van der Waals surface area contributed by atoms with E-state index in [-0.39, 0.29) is 24.0 Å². The van der Waals surface area contributed by atoms with E-state index in [4.69, 9.17) is 9.47 Å². The molecule has 0 bridgehead atoms. The fraction of sp³-hybridized carbons (Fsp3) is 0.286. The molecule has 0 aromatic carbocycles. The summed E-state index contributed by atoms with van der Waals surface area (Å²) in [7, 11) is 1.47. The molecule has 0 aromatic heterocycles. The summed E-state index contributed by atoms with van der Waals surface area (Å²) in [5.74, 6) is -0.248. The van der Waals surface area contributed by atoms with Crippen LogP contribution in [0.25, 0.3) is 0 Å². The van der Waals surface area contributed by atoms with E-state index in [1.54, 1.807) is 25.3 Å². The Labute approximate surface area is 111 Å². The van der Waals surface area contributed by atoms with E-state index in [0.29, 0.717) is 11.3 Å². The maximum Gasteiger partial charge on any atom is 0.341 e. The molecule has 1 heterocycles. The minimum Gasteiger partial charge on any atom is -0.496 e. The lowest BCUT2D eigenvalue weighted by atomic mass is 9.98. The summed E-state index contributed by atoms with van der Waals surface area (Å²) in [4.78, 5) is 23.8. The number of carbonyl (C=O) groups is 2. The van der Waals surface area contributed by atoms with Crippen LogP contribution in [0, 0.1) is 0 Å². The molecule has 100 valence electrons. The van der Waals surface area contributed by atoms with Crippen molar-refractivity contribution in [1.29, 1.82) is 0 Å². The first kappa shape index (κ1) is 13.1. The van der Waals surface area contributed by atoms with Crippen LogP contribution in [0.15, 0.2) is 47.4 Å². The number of ether oxygens (including phenoxy) is 2. The van der Waals surface area contributed by atoms with Gasteiger partial charge in [-0.3, -0.25) is 4.79 Å². The Kier molecular flexibility index (Phi) is 3.85. The summed E-state index contributed by atoms with van der Waals surface area (Å²) < 4.78 is 10.2. The summed E-state index contributed by atoms with van der Waals surface area (Å²) in [6.07, 6.45) is 7.99. The lowest BCUT2D eigenvalue weighted by Gasteiger charge is -2.18. The first-order valence-electron chi connectivity index (χ1n) is 5.99. The molecular formula is C14H15NO4. The van der Waals surface area contributed by atoms with Crippen molar-refractivity contribution in [2.75, 3.05) is 13.7 Å². The molecule has 0 saturated heterocycles. The van der Waals surface area contributed by atoms with Crippen molar-refractivity contribution in [3.05, 3.63) is 47.4 Å². The standard InChI is InChI=1S/C14H15NO4/c1-3-19-14(17)10-8-9-11(4-5-13(10)18-2)15-7-6-12(9)16/h4-8,11,15H,3H2,1-2H3. The molecule has 5 heteroatoms. The maximum atomic E-state index is 11.9. The Morgan fingerprint density at radius 3 is 2.89 bits per heavy atom. The smallest absolute Gasteiger partial charge is 0.341 e. The van der Waals surface area contributed by atoms with Crippen LogP contribution < -0.4 is 5.32 Å². The van der Waals surface area contributed by atoms with E-state index >= 15 is 0 Å². The monoisotopic (exact) mass is 261 g/mol. The Morgan fingerprint density at radius 2 is 2.21 bits per heavy atom. The van der Waals surface area contributed by atoms with Crippen LogP contribution in [0.1, 0.15) is 6.92 Å². The molecule has 1 atom stereocenters. The van der Waals surface area contributed by atoms with Gasteiger partial charge in [-0.2, -0.15) is 0 Å². The van der Waals surface area contributed by atoms with Gasteiger partial charge in [0.2, 0.25) is 0 Å². The van der Waals surface area contributed by atoms with Crippen molar-refractivity contribution in [1.82, 2.24) is 5.32 Å². The summed E-state index contributed by atoms with van der Waals surface area (Å²) in [5.41, 5.74) is 0.748. The van der Waals surface area contributed by atoms with Gasteiger partial charge in [-0.1, -0.05) is 6.08 Å². The molecule has 19 heavy (non-hydrogen) atoms. The zero-order valence-corrected chi connectivity index (χ0v) is 10.8. The van der Waals surface area contributed by atoms with Gasteiger partial charge in [0.15, 0.2) is 5.78 Å². The van der Waals surface area contributed by atoms with E-state index in [1.807, 2.05) is 0 Å². The summed E-state index contributed by atoms with van der Waals surface area (Å²) >= 11 is 0. The predicted octanol–water partition coefficient (Wildman–Crippen LogP) is 1.00. The number of hydrogen-bond donors (Lipinski definition) is 1. The summed E-state index contributed by atoms with van der Waals surface area (Å²) in [6, 6.07) is -0.255. The zero-order valence-electron chi connectivity index (χ0n) is 10.8. The van der Waals surface area contributed by atoms with Crippen LogP contribution in [0.3, 0.4) is 0 Å². The lowest BCUT2D eigenvalue weighted by molar-refractivity contribution is -0.138. The van der Waals surface area contributed by atoms with E-state index < -0.39 is 5.97 Å². The number of rotatable bonds is 3. The number of ketones is 1. The van der Waals surface area contributed by atoms with Gasteiger partial charge >= 0.3 is 5.97 Å². The van der Waals surface area contributed by atoms with E-state index in [9.17, 15) is 9.59 Å². The van der Waals surface area contributed by atoms with Crippen LogP contribution in [0.5, 0.6) is 0 Å². The molecule has 0 saturated carbocycles. The molecule has 2 rings (SSSR count). The Hall–Kier alpha value is -2.30. The second-order valence-corrected chi connectivity index (χ2v) is 4.00. The molecule has 1 aliphatic carbocycles. The van der Waals surface area contributed by atoms with Crippen LogP contribution >= 0.6 is 0 Å². The third kappa shape index (κ3) is 2.59. The molecule has 0 fully saturated rings. The number of carbonyl (C=O) groups excluding carboxylic acids is 2. The van der Waals surface area contributed by atoms with E-state index in [1.165, 1.54) is 19.3 Å². The molecule has 0 amide bonds. The molecule has 1 aliphatic heterocycles. The topological polar surface area (TPSA) is 64.6 Å². The SMILES string of the molecule is CCOC(=O)C1=C(OC)C=CC2NC=CC(=O)C2=C1. The highest BCUT2D eigenvalue weighted by Crippen LogP contribution is 2.22. The highest BCUT2D eigenvalue weighted by molar-refractivity contribution is 6.08. The van der Waals surface area contributed by atoms with Gasteiger partial charge in [0.05, 0.1) is 19.8 Å². The van der Waals surface area contributed by atoms with Crippen LogP contribution in [0.4, 0.5) is 0 Å². The van der Waals surface area contributed by atoms with Gasteiger partial charge in [0.25, 0.3) is 0 Å². The van der Waals surface area contributed by atoms with E-state index in [0.717, 1.165) is 0 Å². The second kappa shape index (κ2) is 5.56. The number of methoxy groups -OCH3 is 1. The second-order valence-electron chi connectivity index (χ2n) is 4.00. The van der Waals surface area contributed by atoms with Gasteiger partial charge < -0.3 is 14.8 Å². The molecule has 0 aromatic rings. The van der Waals surface area contributed by atoms with Crippen LogP contribution in [0.2, 0.25) is 0 Å². The normalized spacial score (nSPS) is 21.3. The van der Waals surface area contributed by atoms with E-state index in [2.05, 4.69) is 5.32 Å². The molecule has 1 unspecified atom stereocenters. The molecular weight excluding hydrogens is 246 g/mol. The average molecular weight is 261 g/mol. The number of nitrogens with one attached hydrogen (secondary N) is 1. The van der Waals surface area contributed by atoms with Gasteiger partial charge in [0.1, 0.15) is 11.3 Å². The Balaban J connectivity index is 2.46. The first-order valence-corrected chi connectivity index (χ1v) is 5.99. The average Bonchev–Trinajstić information content (AvgIpc) is 2.59. The highest BCUT2D eigenvalue weighted by atomic mass is 16.5. The van der Waals surface area contributed by atoms with Crippen molar-refractivity contribution in [3.8, 4) is 0 Å². The van der Waals surface area contributed by atoms with Crippen LogP contribution in [-0.2, 0) is 19.1 Å². The van der Waals surface area contributed by atoms with Crippen molar-refractivity contribution in [3.63, 3.8) is 0 Å². The largest absolute Gasteiger partial charge is 0.496 e. The molecule has 5 nitrogen and oxygen atoms in total. The predicted molar refractivity (Wildman–Crippen MR) is 69.0 cm³/mol. The lowest BCUT2D eigenvalue weighted by Crippen LogP contribution is -2.31. The third-order valence-corrected chi connectivity index (χ3v) is 2.85. The van der Waals surface area contributed by atoms with Gasteiger partial charge in [0, 0.05) is 17.8 Å². The number of esters is 1. The van der Waals surface area contributed by atoms with Crippen molar-refractivity contribution >= 4 is 11.8 Å². The molecule has 0 spiro atoms. The summed E-state index contributed by atoms with van der Waals surface area (Å²) in [6.45, 7) is 1.99. The highest BCUT2D eigenvalue weighted by Gasteiger charge is 2.25. The minimum absolute atomic E-state index is 0.132. The summed E-state index contributed by atoms with van der Waals surface area (Å²) in [5, 5.41) is 3.04.